The first-order valence-electron chi connectivity index (χ1n) is 3.30. The van der Waals surface area contributed by atoms with Gasteiger partial charge in [-0.2, -0.15) is 0 Å². The van der Waals surface area contributed by atoms with Crippen LogP contribution >= 0.6 is 0 Å². The molecule has 3 nitrogen and oxygen atoms in total. The lowest BCUT2D eigenvalue weighted by atomic mass is 10.2. The molecular weight excluding hydrogens is 132 g/mol. The minimum Gasteiger partial charge on any atom is -0.478 e. The lowest BCUT2D eigenvalue weighted by Crippen LogP contribution is -1.91. The minimum atomic E-state index is -0.912. The molecule has 0 bridgehead atoms. The predicted octanol–water partition coefficient (Wildman–Crippen LogP) is 0.805. The molecule has 1 aliphatic heterocycles. The lowest BCUT2D eigenvalue weighted by molar-refractivity contribution is -0.131. The highest BCUT2D eigenvalue weighted by Crippen LogP contribution is 2.25. The first-order valence-corrected chi connectivity index (χ1v) is 3.30. The first kappa shape index (κ1) is 7.28. The third-order valence-corrected chi connectivity index (χ3v) is 1.45. The van der Waals surface area contributed by atoms with Gasteiger partial charge in [-0.3, -0.25) is 0 Å². The maximum atomic E-state index is 9.98. The summed E-state index contributed by atoms with van der Waals surface area (Å²) < 4.78 is 5.07. The smallest absolute Gasteiger partial charge is 0.328 e. The molecule has 2 unspecified atom stereocenters. The average molecular weight is 142 g/mol. The van der Waals surface area contributed by atoms with Gasteiger partial charge in [-0.15, -0.1) is 0 Å². The zero-order valence-corrected chi connectivity index (χ0v) is 5.78. The van der Waals surface area contributed by atoms with Crippen LogP contribution in [0.5, 0.6) is 0 Å². The standard InChI is InChI=1S/C7H10O3/c1-2-5-6(10-5)3-4-7(8)9/h3-6H,2H2,1H3,(H,8,9). The van der Waals surface area contributed by atoms with Crippen LogP contribution in [0, 0.1) is 0 Å². The molecule has 0 aromatic heterocycles. The Morgan fingerprint density at radius 3 is 2.90 bits per heavy atom. The van der Waals surface area contributed by atoms with Crippen molar-refractivity contribution in [3.8, 4) is 0 Å². The number of hydrogen-bond donors (Lipinski definition) is 1. The number of epoxide rings is 1. The largest absolute Gasteiger partial charge is 0.478 e. The molecule has 1 heterocycles. The van der Waals surface area contributed by atoms with Crippen LogP contribution in [0.1, 0.15) is 13.3 Å². The Bertz CT molecular complexity index is 162. The number of hydrogen-bond acceptors (Lipinski definition) is 2. The Morgan fingerprint density at radius 2 is 2.50 bits per heavy atom. The highest BCUT2D eigenvalue weighted by atomic mass is 16.6. The summed E-state index contributed by atoms with van der Waals surface area (Å²) in [5.41, 5.74) is 0. The van der Waals surface area contributed by atoms with Crippen LogP contribution in [0.15, 0.2) is 12.2 Å². The number of carboxylic acid groups (broad SMARTS) is 1. The summed E-state index contributed by atoms with van der Waals surface area (Å²) in [4.78, 5) is 9.98. The van der Waals surface area contributed by atoms with Crippen molar-refractivity contribution in [1.82, 2.24) is 0 Å². The number of aliphatic carboxylic acids is 1. The molecule has 0 aromatic carbocycles. The zero-order valence-electron chi connectivity index (χ0n) is 5.78. The van der Waals surface area contributed by atoms with Crippen LogP contribution in [-0.4, -0.2) is 23.3 Å². The zero-order chi connectivity index (χ0) is 7.56. The van der Waals surface area contributed by atoms with E-state index in [9.17, 15) is 4.79 Å². The Morgan fingerprint density at radius 1 is 1.80 bits per heavy atom. The van der Waals surface area contributed by atoms with Crippen LogP contribution in [-0.2, 0) is 9.53 Å². The van der Waals surface area contributed by atoms with Gasteiger partial charge in [0.15, 0.2) is 0 Å². The van der Waals surface area contributed by atoms with Gasteiger partial charge in [0.2, 0.25) is 0 Å². The van der Waals surface area contributed by atoms with Gasteiger partial charge in [-0.05, 0) is 12.5 Å². The van der Waals surface area contributed by atoms with Crippen molar-refractivity contribution in [2.45, 2.75) is 25.6 Å². The van der Waals surface area contributed by atoms with Gasteiger partial charge in [0.05, 0.1) is 6.10 Å². The second-order valence-corrected chi connectivity index (χ2v) is 2.24. The van der Waals surface area contributed by atoms with Gasteiger partial charge in [0, 0.05) is 6.08 Å². The molecule has 1 N–H and O–H groups in total. The molecule has 3 heteroatoms. The van der Waals surface area contributed by atoms with E-state index in [1.54, 1.807) is 6.08 Å². The molecule has 10 heavy (non-hydrogen) atoms. The molecule has 56 valence electrons. The maximum Gasteiger partial charge on any atom is 0.328 e. The molecule has 0 spiro atoms. The summed E-state index contributed by atoms with van der Waals surface area (Å²) in [6.07, 6.45) is 3.97. The molecule has 1 rings (SSSR count). The van der Waals surface area contributed by atoms with Crippen LogP contribution in [0.25, 0.3) is 0 Å². The number of carbonyl (C=O) groups is 1. The molecule has 0 aromatic rings. The second kappa shape index (κ2) is 2.84. The summed E-state index contributed by atoms with van der Waals surface area (Å²) in [7, 11) is 0. The fourth-order valence-corrected chi connectivity index (χ4v) is 0.831. The van der Waals surface area contributed by atoms with Crippen molar-refractivity contribution in [3.05, 3.63) is 12.2 Å². The molecule has 1 aliphatic rings. The SMILES string of the molecule is CCC1OC1C=CC(=O)O. The highest BCUT2D eigenvalue weighted by Gasteiger charge is 2.34. The molecule has 0 aliphatic carbocycles. The van der Waals surface area contributed by atoms with Crippen LogP contribution in [0.4, 0.5) is 0 Å². The molecular formula is C7H10O3. The van der Waals surface area contributed by atoms with Crippen LogP contribution < -0.4 is 0 Å². The Labute approximate surface area is 59.3 Å². The van der Waals surface area contributed by atoms with E-state index in [0.717, 1.165) is 12.5 Å². The van der Waals surface area contributed by atoms with Crippen molar-refractivity contribution in [3.63, 3.8) is 0 Å². The van der Waals surface area contributed by atoms with Crippen LogP contribution in [0.3, 0.4) is 0 Å². The Balaban J connectivity index is 2.23. The fourth-order valence-electron chi connectivity index (χ4n) is 0.831. The van der Waals surface area contributed by atoms with E-state index in [-0.39, 0.29) is 12.2 Å². The van der Waals surface area contributed by atoms with Gasteiger partial charge in [-0.25, -0.2) is 4.79 Å². The molecule has 0 radical (unpaired) electrons. The summed E-state index contributed by atoms with van der Waals surface area (Å²) >= 11 is 0. The van der Waals surface area contributed by atoms with Gasteiger partial charge >= 0.3 is 5.97 Å². The predicted molar refractivity (Wildman–Crippen MR) is 35.7 cm³/mol. The normalized spacial score (nSPS) is 30.9. The van der Waals surface area contributed by atoms with Gasteiger partial charge in [-0.1, -0.05) is 6.92 Å². The number of carboxylic acids is 1. The van der Waals surface area contributed by atoms with E-state index in [1.807, 2.05) is 6.92 Å². The average Bonchev–Trinajstić information content (AvgIpc) is 2.61. The first-order chi connectivity index (χ1) is 4.74. The van der Waals surface area contributed by atoms with E-state index in [2.05, 4.69) is 0 Å². The summed E-state index contributed by atoms with van der Waals surface area (Å²) in [5.74, 6) is -0.912. The topological polar surface area (TPSA) is 49.8 Å². The second-order valence-electron chi connectivity index (χ2n) is 2.24. The van der Waals surface area contributed by atoms with E-state index >= 15 is 0 Å². The molecule has 1 saturated heterocycles. The van der Waals surface area contributed by atoms with E-state index in [4.69, 9.17) is 9.84 Å². The summed E-state index contributed by atoms with van der Waals surface area (Å²) in [5, 5.41) is 8.21. The maximum absolute atomic E-state index is 9.98. The molecule has 0 saturated carbocycles. The lowest BCUT2D eigenvalue weighted by Gasteiger charge is -1.78. The van der Waals surface area contributed by atoms with E-state index in [1.165, 1.54) is 0 Å². The summed E-state index contributed by atoms with van der Waals surface area (Å²) in [6, 6.07) is 0. The quantitative estimate of drug-likeness (QED) is 0.468. The summed E-state index contributed by atoms with van der Waals surface area (Å²) in [6.45, 7) is 2.01. The third kappa shape index (κ3) is 1.84. The molecule has 0 amide bonds. The Hall–Kier alpha value is -0.830. The van der Waals surface area contributed by atoms with E-state index in [0.29, 0.717) is 0 Å². The number of ether oxygens (including phenoxy) is 1. The van der Waals surface area contributed by atoms with Crippen molar-refractivity contribution >= 4 is 5.97 Å². The number of rotatable bonds is 3. The Kier molecular flexibility index (Phi) is 2.06. The molecule has 2 atom stereocenters. The van der Waals surface area contributed by atoms with Crippen molar-refractivity contribution in [1.29, 1.82) is 0 Å². The third-order valence-electron chi connectivity index (χ3n) is 1.45. The monoisotopic (exact) mass is 142 g/mol. The van der Waals surface area contributed by atoms with Crippen LogP contribution in [0.2, 0.25) is 0 Å². The highest BCUT2D eigenvalue weighted by molar-refractivity contribution is 5.79. The van der Waals surface area contributed by atoms with Gasteiger partial charge < -0.3 is 9.84 Å². The van der Waals surface area contributed by atoms with Crippen molar-refractivity contribution in [2.24, 2.45) is 0 Å². The van der Waals surface area contributed by atoms with Crippen molar-refractivity contribution < 1.29 is 14.6 Å². The molecule has 1 fully saturated rings. The van der Waals surface area contributed by atoms with Gasteiger partial charge in [0.25, 0.3) is 0 Å². The minimum absolute atomic E-state index is 0.0566. The fraction of sp³-hybridized carbons (Fsp3) is 0.571. The van der Waals surface area contributed by atoms with E-state index < -0.39 is 5.97 Å². The van der Waals surface area contributed by atoms with Gasteiger partial charge in [0.1, 0.15) is 6.10 Å². The van der Waals surface area contributed by atoms with Crippen molar-refractivity contribution in [2.75, 3.05) is 0 Å².